The van der Waals surface area contributed by atoms with E-state index in [2.05, 4.69) is 38.1 Å². The van der Waals surface area contributed by atoms with Gasteiger partial charge in [0.1, 0.15) is 0 Å². The standard InChI is InChI=1S/C24H38O3/c1-3-5-7-8-9-10-20-11-13-22(14-12-20)24(26)17-15-21(16-18-24)23(25)27-19-6-4-2/h11-14,21,26H,3-10,15-19H2,1-2H3. The fourth-order valence-electron chi connectivity index (χ4n) is 3.97. The monoisotopic (exact) mass is 374 g/mol. The summed E-state index contributed by atoms with van der Waals surface area (Å²) in [6, 6.07) is 8.50. The molecule has 0 radical (unpaired) electrons. The molecule has 1 fully saturated rings. The van der Waals surface area contributed by atoms with E-state index in [1.54, 1.807) is 0 Å². The first-order chi connectivity index (χ1) is 13.1. The van der Waals surface area contributed by atoms with Crippen molar-refractivity contribution in [3.05, 3.63) is 35.4 Å². The maximum Gasteiger partial charge on any atom is 0.308 e. The fraction of sp³-hybridized carbons (Fsp3) is 0.708. The minimum Gasteiger partial charge on any atom is -0.465 e. The predicted octanol–water partition coefficient (Wildman–Crippen LogP) is 5.92. The molecule has 0 unspecified atom stereocenters. The van der Waals surface area contributed by atoms with E-state index in [4.69, 9.17) is 4.74 Å². The minimum atomic E-state index is -0.792. The summed E-state index contributed by atoms with van der Waals surface area (Å²) in [5, 5.41) is 11.1. The Morgan fingerprint density at radius 3 is 2.26 bits per heavy atom. The lowest BCUT2D eigenvalue weighted by Gasteiger charge is -2.35. The Morgan fingerprint density at radius 2 is 1.63 bits per heavy atom. The number of aliphatic hydroxyl groups is 1. The Hall–Kier alpha value is -1.35. The zero-order valence-corrected chi connectivity index (χ0v) is 17.3. The van der Waals surface area contributed by atoms with Crippen LogP contribution in [0.25, 0.3) is 0 Å². The van der Waals surface area contributed by atoms with E-state index in [1.165, 1.54) is 37.7 Å². The molecule has 0 amide bonds. The number of hydrogen-bond donors (Lipinski definition) is 1. The molecule has 0 aliphatic heterocycles. The molecule has 152 valence electrons. The number of rotatable bonds is 11. The summed E-state index contributed by atoms with van der Waals surface area (Å²) >= 11 is 0. The molecule has 2 rings (SSSR count). The van der Waals surface area contributed by atoms with Crippen molar-refractivity contribution < 1.29 is 14.6 Å². The molecule has 0 bridgehead atoms. The molecule has 3 nitrogen and oxygen atoms in total. The molecule has 1 aliphatic carbocycles. The molecule has 1 aromatic carbocycles. The third kappa shape index (κ3) is 6.95. The largest absolute Gasteiger partial charge is 0.465 e. The summed E-state index contributed by atoms with van der Waals surface area (Å²) in [6.45, 7) is 4.86. The van der Waals surface area contributed by atoms with Crippen LogP contribution in [0.5, 0.6) is 0 Å². The number of benzene rings is 1. The summed E-state index contributed by atoms with van der Waals surface area (Å²) in [4.78, 5) is 12.1. The zero-order valence-electron chi connectivity index (χ0n) is 17.3. The van der Waals surface area contributed by atoms with Crippen molar-refractivity contribution in [2.45, 2.75) is 96.5 Å². The minimum absolute atomic E-state index is 0.0514. The number of unbranched alkanes of at least 4 members (excludes halogenated alkanes) is 5. The van der Waals surface area contributed by atoms with E-state index in [-0.39, 0.29) is 11.9 Å². The first-order valence-corrected chi connectivity index (χ1v) is 11.1. The molecule has 27 heavy (non-hydrogen) atoms. The molecule has 0 aromatic heterocycles. The van der Waals surface area contributed by atoms with E-state index in [9.17, 15) is 9.90 Å². The molecular weight excluding hydrogens is 336 g/mol. The highest BCUT2D eigenvalue weighted by atomic mass is 16.5. The molecule has 0 atom stereocenters. The van der Waals surface area contributed by atoms with Crippen molar-refractivity contribution in [2.75, 3.05) is 6.61 Å². The first kappa shape index (κ1) is 21.9. The van der Waals surface area contributed by atoms with Gasteiger partial charge in [0.25, 0.3) is 0 Å². The van der Waals surface area contributed by atoms with Crippen LogP contribution in [-0.2, 0) is 21.6 Å². The van der Waals surface area contributed by atoms with Crippen molar-refractivity contribution in [1.29, 1.82) is 0 Å². The van der Waals surface area contributed by atoms with Crippen LogP contribution in [0.4, 0.5) is 0 Å². The van der Waals surface area contributed by atoms with Crippen LogP contribution >= 0.6 is 0 Å². The highest BCUT2D eigenvalue weighted by Gasteiger charge is 2.37. The predicted molar refractivity (Wildman–Crippen MR) is 111 cm³/mol. The third-order valence-corrected chi connectivity index (χ3v) is 5.95. The van der Waals surface area contributed by atoms with Gasteiger partial charge in [0, 0.05) is 0 Å². The molecule has 1 aliphatic rings. The lowest BCUT2D eigenvalue weighted by atomic mass is 9.75. The van der Waals surface area contributed by atoms with Gasteiger partial charge in [0.05, 0.1) is 18.1 Å². The second kappa shape index (κ2) is 11.5. The SMILES string of the molecule is CCCCCCCc1ccc(C2(O)CCC(C(=O)OCCCC)CC2)cc1. The van der Waals surface area contributed by atoms with Gasteiger partial charge < -0.3 is 9.84 Å². The van der Waals surface area contributed by atoms with Crippen LogP contribution in [-0.4, -0.2) is 17.7 Å². The summed E-state index contributed by atoms with van der Waals surface area (Å²) in [5.41, 5.74) is 1.56. The highest BCUT2D eigenvalue weighted by Crippen LogP contribution is 2.40. The van der Waals surface area contributed by atoms with Gasteiger partial charge in [-0.15, -0.1) is 0 Å². The second-order valence-corrected chi connectivity index (χ2v) is 8.19. The number of ether oxygens (including phenoxy) is 1. The van der Waals surface area contributed by atoms with Crippen LogP contribution in [0, 0.1) is 5.92 Å². The Morgan fingerprint density at radius 1 is 1.00 bits per heavy atom. The molecule has 0 heterocycles. The lowest BCUT2D eigenvalue weighted by Crippen LogP contribution is -2.34. The summed E-state index contributed by atoms with van der Waals surface area (Å²) in [6.07, 6.45) is 12.3. The average molecular weight is 375 g/mol. The van der Waals surface area contributed by atoms with Gasteiger partial charge in [-0.3, -0.25) is 4.79 Å². The number of carbonyl (C=O) groups is 1. The highest BCUT2D eigenvalue weighted by molar-refractivity contribution is 5.72. The number of carbonyl (C=O) groups excluding carboxylic acids is 1. The molecule has 0 saturated heterocycles. The van der Waals surface area contributed by atoms with Crippen LogP contribution in [0.15, 0.2) is 24.3 Å². The molecule has 3 heteroatoms. The van der Waals surface area contributed by atoms with Gasteiger partial charge >= 0.3 is 5.97 Å². The van der Waals surface area contributed by atoms with Crippen LogP contribution in [0.1, 0.15) is 95.6 Å². The van der Waals surface area contributed by atoms with Gasteiger partial charge in [-0.2, -0.15) is 0 Å². The Bertz CT molecular complexity index is 541. The zero-order chi connectivity index (χ0) is 19.5. The van der Waals surface area contributed by atoms with Gasteiger partial charge in [-0.05, 0) is 56.1 Å². The lowest BCUT2D eigenvalue weighted by molar-refractivity contribution is -0.151. The van der Waals surface area contributed by atoms with Gasteiger partial charge in [0.15, 0.2) is 0 Å². The summed E-state index contributed by atoms with van der Waals surface area (Å²) < 4.78 is 5.35. The van der Waals surface area contributed by atoms with E-state index in [0.717, 1.165) is 24.8 Å². The normalized spacial score (nSPS) is 22.6. The number of esters is 1. The quantitative estimate of drug-likeness (QED) is 0.386. The number of hydrogen-bond acceptors (Lipinski definition) is 3. The molecule has 1 saturated carbocycles. The molecular formula is C24H38O3. The Kier molecular flexibility index (Phi) is 9.33. The Labute approximate surface area is 165 Å². The van der Waals surface area contributed by atoms with E-state index >= 15 is 0 Å². The van der Waals surface area contributed by atoms with E-state index in [1.807, 2.05) is 0 Å². The van der Waals surface area contributed by atoms with Crippen LogP contribution in [0.3, 0.4) is 0 Å². The summed E-state index contributed by atoms with van der Waals surface area (Å²) in [5.74, 6) is -0.131. The molecule has 0 spiro atoms. The second-order valence-electron chi connectivity index (χ2n) is 8.19. The average Bonchev–Trinajstić information content (AvgIpc) is 2.69. The summed E-state index contributed by atoms with van der Waals surface area (Å²) in [7, 11) is 0. The van der Waals surface area contributed by atoms with Crippen molar-refractivity contribution >= 4 is 5.97 Å². The third-order valence-electron chi connectivity index (χ3n) is 5.95. The Balaban J connectivity index is 1.79. The molecule has 1 N–H and O–H groups in total. The van der Waals surface area contributed by atoms with E-state index < -0.39 is 5.60 Å². The van der Waals surface area contributed by atoms with Crippen molar-refractivity contribution in [1.82, 2.24) is 0 Å². The topological polar surface area (TPSA) is 46.5 Å². The van der Waals surface area contributed by atoms with Gasteiger partial charge in [-0.25, -0.2) is 0 Å². The van der Waals surface area contributed by atoms with Crippen LogP contribution < -0.4 is 0 Å². The maximum absolute atomic E-state index is 12.1. The number of aryl methyl sites for hydroxylation is 1. The van der Waals surface area contributed by atoms with Crippen molar-refractivity contribution in [3.63, 3.8) is 0 Å². The van der Waals surface area contributed by atoms with Gasteiger partial charge in [0.2, 0.25) is 0 Å². The molecule has 1 aromatic rings. The van der Waals surface area contributed by atoms with Crippen molar-refractivity contribution in [3.8, 4) is 0 Å². The van der Waals surface area contributed by atoms with Gasteiger partial charge in [-0.1, -0.05) is 70.2 Å². The van der Waals surface area contributed by atoms with E-state index in [0.29, 0.717) is 32.3 Å². The first-order valence-electron chi connectivity index (χ1n) is 11.1. The van der Waals surface area contributed by atoms with Crippen LogP contribution in [0.2, 0.25) is 0 Å². The smallest absolute Gasteiger partial charge is 0.308 e. The fourth-order valence-corrected chi connectivity index (χ4v) is 3.97. The van der Waals surface area contributed by atoms with Crippen molar-refractivity contribution in [2.24, 2.45) is 5.92 Å². The maximum atomic E-state index is 12.1.